The first-order valence-electron chi connectivity index (χ1n) is 10.1. The van der Waals surface area contributed by atoms with Crippen molar-refractivity contribution in [3.05, 3.63) is 42.1 Å². The molecule has 0 saturated heterocycles. The van der Waals surface area contributed by atoms with Crippen molar-refractivity contribution in [2.24, 2.45) is 0 Å². The van der Waals surface area contributed by atoms with Gasteiger partial charge >= 0.3 is 12.1 Å². The van der Waals surface area contributed by atoms with Crippen LogP contribution in [0.3, 0.4) is 0 Å². The maximum absolute atomic E-state index is 11.5. The highest BCUT2D eigenvalue weighted by atomic mass is 16.6. The predicted molar refractivity (Wildman–Crippen MR) is 115 cm³/mol. The quantitative estimate of drug-likeness (QED) is 0.389. The number of carbonyl (C=O) groups excluding carboxylic acids is 2. The number of rotatable bonds is 9. The number of pyridine rings is 1. The Bertz CT molecular complexity index is 964. The molecule has 0 unspecified atom stereocenters. The van der Waals surface area contributed by atoms with Crippen LogP contribution >= 0.6 is 0 Å². The van der Waals surface area contributed by atoms with E-state index < -0.39 is 12.1 Å². The van der Waals surface area contributed by atoms with Gasteiger partial charge in [-0.15, -0.1) is 0 Å². The van der Waals surface area contributed by atoms with Crippen molar-refractivity contribution in [1.29, 1.82) is 0 Å². The molecule has 0 aliphatic heterocycles. The Morgan fingerprint density at radius 3 is 2.77 bits per heavy atom. The number of fused-ring (bicyclic) bond motifs is 1. The molecule has 0 aliphatic carbocycles. The summed E-state index contributed by atoms with van der Waals surface area (Å²) < 4.78 is 9.93. The fourth-order valence-electron chi connectivity index (χ4n) is 2.41. The van der Waals surface area contributed by atoms with Gasteiger partial charge in [-0.05, 0) is 43.2 Å². The number of benzene rings is 1. The van der Waals surface area contributed by atoms with E-state index in [1.807, 2.05) is 37.3 Å². The maximum Gasteiger partial charge on any atom is 0.407 e. The molecule has 30 heavy (non-hydrogen) atoms. The van der Waals surface area contributed by atoms with Crippen LogP contribution in [0.5, 0.6) is 0 Å². The van der Waals surface area contributed by atoms with Gasteiger partial charge in [-0.1, -0.05) is 43.4 Å². The van der Waals surface area contributed by atoms with Gasteiger partial charge in [0.15, 0.2) is 0 Å². The fraction of sp³-hybridized carbons (Fsp3) is 0.375. The number of nitrogens with one attached hydrogen (secondary N) is 1. The first-order valence-corrected chi connectivity index (χ1v) is 10.1. The van der Waals surface area contributed by atoms with E-state index in [-0.39, 0.29) is 13.2 Å². The van der Waals surface area contributed by atoms with Crippen LogP contribution in [0.15, 0.2) is 36.5 Å². The zero-order valence-electron chi connectivity index (χ0n) is 17.2. The highest BCUT2D eigenvalue weighted by Crippen LogP contribution is 2.11. The van der Waals surface area contributed by atoms with E-state index in [4.69, 9.17) is 9.47 Å². The van der Waals surface area contributed by atoms with E-state index in [0.717, 1.165) is 35.7 Å². The van der Waals surface area contributed by atoms with Crippen LogP contribution in [-0.4, -0.2) is 36.8 Å². The van der Waals surface area contributed by atoms with Crippen LogP contribution in [-0.2, 0) is 14.3 Å². The Kier molecular flexibility index (Phi) is 10.3. The summed E-state index contributed by atoms with van der Waals surface area (Å²) in [6, 6.07) is 9.87. The number of aromatic nitrogens is 1. The van der Waals surface area contributed by atoms with Crippen molar-refractivity contribution in [3.63, 3.8) is 0 Å². The number of esters is 1. The summed E-state index contributed by atoms with van der Waals surface area (Å²) in [7, 11) is 0. The van der Waals surface area contributed by atoms with Crippen LogP contribution in [0.2, 0.25) is 0 Å². The zero-order valence-corrected chi connectivity index (χ0v) is 17.2. The number of para-hydroxylation sites is 1. The van der Waals surface area contributed by atoms with Crippen molar-refractivity contribution < 1.29 is 19.1 Å². The second-order valence-corrected chi connectivity index (χ2v) is 6.49. The molecule has 1 N–H and O–H groups in total. The Labute approximate surface area is 177 Å². The van der Waals surface area contributed by atoms with Gasteiger partial charge in [-0.3, -0.25) is 9.78 Å². The molecule has 6 nitrogen and oxygen atoms in total. The zero-order chi connectivity index (χ0) is 21.4. The topological polar surface area (TPSA) is 77.5 Å². The molecule has 1 amide bonds. The third-order valence-electron chi connectivity index (χ3n) is 4.02. The minimum Gasteiger partial charge on any atom is -0.464 e. The molecule has 2 rings (SSSR count). The van der Waals surface area contributed by atoms with Gasteiger partial charge in [-0.25, -0.2) is 4.79 Å². The summed E-state index contributed by atoms with van der Waals surface area (Å²) in [6.45, 7) is 2.47. The van der Waals surface area contributed by atoms with Crippen molar-refractivity contribution in [3.8, 4) is 23.7 Å². The largest absolute Gasteiger partial charge is 0.464 e. The number of unbranched alkanes of at least 4 members (excludes halogenated alkanes) is 3. The van der Waals surface area contributed by atoms with Crippen molar-refractivity contribution >= 4 is 23.0 Å². The molecule has 0 aliphatic rings. The summed E-state index contributed by atoms with van der Waals surface area (Å²) in [6.07, 6.45) is 5.02. The smallest absolute Gasteiger partial charge is 0.407 e. The lowest BCUT2D eigenvalue weighted by molar-refractivity contribution is -0.142. The number of carbonyl (C=O) groups is 2. The van der Waals surface area contributed by atoms with Crippen molar-refractivity contribution in [1.82, 2.24) is 10.3 Å². The Hall–Kier alpha value is -3.51. The second kappa shape index (κ2) is 13.6. The molecular formula is C24H26N2O4. The monoisotopic (exact) mass is 406 g/mol. The lowest BCUT2D eigenvalue weighted by Gasteiger charge is -2.06. The lowest BCUT2D eigenvalue weighted by Crippen LogP contribution is -2.31. The van der Waals surface area contributed by atoms with Crippen LogP contribution < -0.4 is 5.32 Å². The molecule has 0 radical (unpaired) electrons. The number of amides is 1. The third-order valence-corrected chi connectivity index (χ3v) is 4.02. The van der Waals surface area contributed by atoms with E-state index >= 15 is 0 Å². The van der Waals surface area contributed by atoms with Gasteiger partial charge in [0.25, 0.3) is 0 Å². The Morgan fingerprint density at radius 1 is 1.07 bits per heavy atom. The molecule has 1 aromatic carbocycles. The first kappa shape index (κ1) is 22.8. The number of ether oxygens (including phenoxy) is 2. The van der Waals surface area contributed by atoms with Gasteiger partial charge in [0.05, 0.1) is 18.7 Å². The molecule has 1 aromatic heterocycles. The molecule has 0 bridgehead atoms. The summed E-state index contributed by atoms with van der Waals surface area (Å²) in [5, 5.41) is 3.42. The summed E-state index contributed by atoms with van der Waals surface area (Å²) >= 11 is 0. The molecule has 0 spiro atoms. The highest BCUT2D eigenvalue weighted by Gasteiger charge is 2.06. The van der Waals surface area contributed by atoms with Crippen molar-refractivity contribution in [2.75, 3.05) is 19.8 Å². The van der Waals surface area contributed by atoms with E-state index in [9.17, 15) is 9.59 Å². The van der Waals surface area contributed by atoms with E-state index in [1.165, 1.54) is 0 Å². The average Bonchev–Trinajstić information content (AvgIpc) is 2.76. The molecule has 0 atom stereocenters. The fourth-order valence-corrected chi connectivity index (χ4v) is 2.41. The van der Waals surface area contributed by atoms with E-state index in [1.54, 1.807) is 6.20 Å². The predicted octanol–water partition coefficient (Wildman–Crippen LogP) is 3.83. The summed E-state index contributed by atoms with van der Waals surface area (Å²) in [5.41, 5.74) is 1.77. The van der Waals surface area contributed by atoms with Gasteiger partial charge in [0.1, 0.15) is 6.54 Å². The average molecular weight is 406 g/mol. The highest BCUT2D eigenvalue weighted by molar-refractivity contribution is 5.79. The molecule has 6 heteroatoms. The minimum atomic E-state index is -0.622. The number of hydrogen-bond acceptors (Lipinski definition) is 5. The first-order chi connectivity index (χ1) is 14.7. The van der Waals surface area contributed by atoms with Gasteiger partial charge in [0.2, 0.25) is 0 Å². The molecule has 156 valence electrons. The SMILES string of the molecule is CCCCOC(=O)CNC(=O)OCCCCC#CC#Cc1cnc2ccccc2c1. The van der Waals surface area contributed by atoms with Crippen LogP contribution in [0.1, 0.15) is 44.6 Å². The number of hydrogen-bond donors (Lipinski definition) is 1. The van der Waals surface area contributed by atoms with E-state index in [0.29, 0.717) is 19.4 Å². The molecule has 1 heterocycles. The van der Waals surface area contributed by atoms with Crippen LogP contribution in [0.4, 0.5) is 4.79 Å². The van der Waals surface area contributed by atoms with Gasteiger partial charge in [0, 0.05) is 23.6 Å². The van der Waals surface area contributed by atoms with Crippen molar-refractivity contribution in [2.45, 2.75) is 39.0 Å². The summed E-state index contributed by atoms with van der Waals surface area (Å²) in [4.78, 5) is 27.2. The molecular weight excluding hydrogens is 380 g/mol. The minimum absolute atomic E-state index is 0.181. The Morgan fingerprint density at radius 2 is 1.90 bits per heavy atom. The Balaban J connectivity index is 1.56. The standard InChI is InChI=1S/C24H26N2O4/c1-2-3-15-29-23(27)19-26-24(28)30-16-11-7-5-4-6-8-12-20-17-21-13-9-10-14-22(21)25-18-20/h9-10,13-14,17-18H,2-3,5,7,11,15-16,19H2,1H3,(H,26,28). The summed E-state index contributed by atoms with van der Waals surface area (Å²) in [5.74, 6) is 11.2. The normalized spacial score (nSPS) is 9.63. The molecule has 0 fully saturated rings. The molecule has 0 saturated carbocycles. The maximum atomic E-state index is 11.5. The third kappa shape index (κ3) is 9.12. The van der Waals surface area contributed by atoms with Crippen LogP contribution in [0, 0.1) is 23.7 Å². The molecule has 2 aromatic rings. The van der Waals surface area contributed by atoms with Crippen LogP contribution in [0.25, 0.3) is 10.9 Å². The second-order valence-electron chi connectivity index (χ2n) is 6.49. The van der Waals surface area contributed by atoms with Gasteiger partial charge in [-0.2, -0.15) is 0 Å². The van der Waals surface area contributed by atoms with Gasteiger partial charge < -0.3 is 14.8 Å². The van der Waals surface area contributed by atoms with E-state index in [2.05, 4.69) is 34.0 Å². The number of alkyl carbamates (subject to hydrolysis) is 1. The lowest BCUT2D eigenvalue weighted by atomic mass is 10.1. The number of nitrogens with zero attached hydrogens (tertiary/aromatic N) is 1.